The molecule has 0 radical (unpaired) electrons. The molecule has 1 N–H and O–H groups in total. The number of amides is 2. The maximum atomic E-state index is 13.8. The molecule has 1 fully saturated rings. The number of carbonyl (C=O) groups is 2. The van der Waals surface area contributed by atoms with Gasteiger partial charge in [0.2, 0.25) is 0 Å². The Labute approximate surface area is 184 Å². The Bertz CT molecular complexity index is 1110. The molecule has 0 spiro atoms. The molecule has 2 amide bonds. The van der Waals surface area contributed by atoms with Gasteiger partial charge >= 0.3 is 0 Å². The van der Waals surface area contributed by atoms with Crippen molar-refractivity contribution >= 4 is 23.3 Å². The van der Waals surface area contributed by atoms with E-state index in [9.17, 15) is 18.4 Å². The molecule has 1 saturated heterocycles. The maximum Gasteiger partial charge on any atom is 0.258 e. The number of rotatable bonds is 4. The SMILES string of the molecule is O=C(Nc1ccc(N2CCCN(C(=O)c3ccccc3)CC2)nc1)c1ccc(F)cc1F. The first kappa shape index (κ1) is 21.4. The molecule has 8 heteroatoms. The van der Waals surface area contributed by atoms with E-state index in [1.54, 1.807) is 12.1 Å². The predicted molar refractivity (Wildman–Crippen MR) is 118 cm³/mol. The summed E-state index contributed by atoms with van der Waals surface area (Å²) in [5.41, 5.74) is 0.834. The lowest BCUT2D eigenvalue weighted by Gasteiger charge is -2.23. The number of halogens is 2. The summed E-state index contributed by atoms with van der Waals surface area (Å²) in [5.74, 6) is -1.60. The van der Waals surface area contributed by atoms with Crippen LogP contribution in [0.4, 0.5) is 20.3 Å². The van der Waals surface area contributed by atoms with Crippen molar-refractivity contribution in [1.29, 1.82) is 0 Å². The van der Waals surface area contributed by atoms with E-state index in [1.165, 1.54) is 6.20 Å². The number of hydrogen-bond donors (Lipinski definition) is 1. The van der Waals surface area contributed by atoms with Crippen LogP contribution in [0.1, 0.15) is 27.1 Å². The fourth-order valence-electron chi connectivity index (χ4n) is 3.63. The van der Waals surface area contributed by atoms with Gasteiger partial charge in [-0.05, 0) is 42.8 Å². The van der Waals surface area contributed by atoms with Crippen molar-refractivity contribution in [3.8, 4) is 0 Å². The quantitative estimate of drug-likeness (QED) is 0.672. The third-order valence-corrected chi connectivity index (χ3v) is 5.31. The minimum atomic E-state index is -0.925. The first-order valence-corrected chi connectivity index (χ1v) is 10.3. The van der Waals surface area contributed by atoms with Crippen molar-refractivity contribution in [2.45, 2.75) is 6.42 Å². The third-order valence-electron chi connectivity index (χ3n) is 5.31. The average Bonchev–Trinajstić information content (AvgIpc) is 3.06. The van der Waals surface area contributed by atoms with E-state index in [2.05, 4.69) is 15.2 Å². The second kappa shape index (κ2) is 9.55. The van der Waals surface area contributed by atoms with Crippen molar-refractivity contribution in [3.05, 3.63) is 89.6 Å². The van der Waals surface area contributed by atoms with Gasteiger partial charge in [0.25, 0.3) is 11.8 Å². The molecule has 6 nitrogen and oxygen atoms in total. The van der Waals surface area contributed by atoms with Gasteiger partial charge in [0.05, 0.1) is 17.4 Å². The highest BCUT2D eigenvalue weighted by molar-refractivity contribution is 6.04. The number of nitrogens with zero attached hydrogens (tertiary/aromatic N) is 3. The molecular formula is C24H22F2N4O2. The van der Waals surface area contributed by atoms with E-state index in [4.69, 9.17) is 0 Å². The van der Waals surface area contributed by atoms with E-state index in [0.717, 1.165) is 30.9 Å². The van der Waals surface area contributed by atoms with Crippen LogP contribution in [0.5, 0.6) is 0 Å². The molecule has 1 aliphatic rings. The molecule has 0 atom stereocenters. The van der Waals surface area contributed by atoms with E-state index in [1.807, 2.05) is 35.2 Å². The number of anilines is 2. The van der Waals surface area contributed by atoms with Crippen molar-refractivity contribution < 1.29 is 18.4 Å². The van der Waals surface area contributed by atoms with Gasteiger partial charge in [-0.2, -0.15) is 0 Å². The zero-order valence-electron chi connectivity index (χ0n) is 17.3. The Hall–Kier alpha value is -3.81. The Kier molecular flexibility index (Phi) is 6.39. The third kappa shape index (κ3) is 4.91. The summed E-state index contributed by atoms with van der Waals surface area (Å²) in [5, 5.41) is 2.57. The molecule has 0 aliphatic carbocycles. The van der Waals surface area contributed by atoms with Crippen molar-refractivity contribution in [2.75, 3.05) is 36.4 Å². The van der Waals surface area contributed by atoms with Crippen LogP contribution >= 0.6 is 0 Å². The summed E-state index contributed by atoms with van der Waals surface area (Å²) >= 11 is 0. The minimum absolute atomic E-state index is 0.0199. The Balaban J connectivity index is 1.37. The van der Waals surface area contributed by atoms with E-state index < -0.39 is 17.5 Å². The zero-order valence-corrected chi connectivity index (χ0v) is 17.3. The van der Waals surface area contributed by atoms with Crippen molar-refractivity contribution in [2.24, 2.45) is 0 Å². The zero-order chi connectivity index (χ0) is 22.5. The second-order valence-corrected chi connectivity index (χ2v) is 7.48. The maximum absolute atomic E-state index is 13.8. The first-order valence-electron chi connectivity index (χ1n) is 10.3. The normalized spacial score (nSPS) is 14.1. The number of carbonyl (C=O) groups excluding carboxylic acids is 2. The summed E-state index contributed by atoms with van der Waals surface area (Å²) in [6.07, 6.45) is 2.30. The van der Waals surface area contributed by atoms with Crippen LogP contribution in [-0.2, 0) is 0 Å². The average molecular weight is 436 g/mol. The topological polar surface area (TPSA) is 65.5 Å². The summed E-state index contributed by atoms with van der Waals surface area (Å²) in [6, 6.07) is 15.5. The van der Waals surface area contributed by atoms with Crippen LogP contribution in [0.15, 0.2) is 66.9 Å². The molecule has 2 heterocycles. The molecule has 2 aromatic carbocycles. The first-order chi connectivity index (χ1) is 15.5. The Morgan fingerprint density at radius 3 is 2.44 bits per heavy atom. The second-order valence-electron chi connectivity index (χ2n) is 7.48. The lowest BCUT2D eigenvalue weighted by atomic mass is 10.2. The molecule has 164 valence electrons. The van der Waals surface area contributed by atoms with Crippen LogP contribution < -0.4 is 10.2 Å². The predicted octanol–water partition coefficient (Wildman–Crippen LogP) is 3.96. The van der Waals surface area contributed by atoms with Gasteiger partial charge in [-0.3, -0.25) is 9.59 Å². The molecule has 1 aliphatic heterocycles. The highest BCUT2D eigenvalue weighted by atomic mass is 19.1. The molecule has 4 rings (SSSR count). The van der Waals surface area contributed by atoms with E-state index in [-0.39, 0.29) is 11.5 Å². The largest absolute Gasteiger partial charge is 0.355 e. The fraction of sp³-hybridized carbons (Fsp3) is 0.208. The monoisotopic (exact) mass is 436 g/mol. The lowest BCUT2D eigenvalue weighted by Crippen LogP contribution is -2.35. The van der Waals surface area contributed by atoms with Gasteiger partial charge in [0.1, 0.15) is 17.5 Å². The molecule has 1 aromatic heterocycles. The number of hydrogen-bond acceptors (Lipinski definition) is 4. The van der Waals surface area contributed by atoms with Crippen LogP contribution in [0.3, 0.4) is 0 Å². The highest BCUT2D eigenvalue weighted by Crippen LogP contribution is 2.19. The number of pyridine rings is 1. The van der Waals surface area contributed by atoms with E-state index in [0.29, 0.717) is 37.0 Å². The molecule has 0 bridgehead atoms. The van der Waals surface area contributed by atoms with Gasteiger partial charge in [-0.1, -0.05) is 18.2 Å². The molecule has 0 unspecified atom stereocenters. The molecular weight excluding hydrogens is 414 g/mol. The van der Waals surface area contributed by atoms with Crippen LogP contribution in [0.25, 0.3) is 0 Å². The summed E-state index contributed by atoms with van der Waals surface area (Å²) < 4.78 is 26.8. The lowest BCUT2D eigenvalue weighted by molar-refractivity contribution is 0.0766. The fourth-order valence-corrected chi connectivity index (χ4v) is 3.63. The van der Waals surface area contributed by atoms with Crippen LogP contribution in [0.2, 0.25) is 0 Å². The standard InChI is InChI=1S/C24H22F2N4O2/c25-18-7-9-20(21(26)15-18)23(31)28-19-8-10-22(27-16-19)29-11-4-12-30(14-13-29)24(32)17-5-2-1-3-6-17/h1-3,5-10,15-16H,4,11-14H2,(H,28,31). The van der Waals surface area contributed by atoms with Crippen molar-refractivity contribution in [3.63, 3.8) is 0 Å². The van der Waals surface area contributed by atoms with Gasteiger partial charge in [-0.15, -0.1) is 0 Å². The number of benzene rings is 2. The Morgan fingerprint density at radius 2 is 1.72 bits per heavy atom. The van der Waals surface area contributed by atoms with E-state index >= 15 is 0 Å². The highest BCUT2D eigenvalue weighted by Gasteiger charge is 2.21. The van der Waals surface area contributed by atoms with Crippen LogP contribution in [-0.4, -0.2) is 47.9 Å². The minimum Gasteiger partial charge on any atom is -0.355 e. The number of aromatic nitrogens is 1. The van der Waals surface area contributed by atoms with Gasteiger partial charge in [-0.25, -0.2) is 13.8 Å². The van der Waals surface area contributed by atoms with Gasteiger partial charge < -0.3 is 15.1 Å². The summed E-state index contributed by atoms with van der Waals surface area (Å²) in [7, 11) is 0. The Morgan fingerprint density at radius 1 is 0.906 bits per heavy atom. The van der Waals surface area contributed by atoms with Gasteiger partial charge in [0, 0.05) is 37.8 Å². The van der Waals surface area contributed by atoms with Crippen LogP contribution in [0, 0.1) is 11.6 Å². The molecule has 0 saturated carbocycles. The van der Waals surface area contributed by atoms with Crippen molar-refractivity contribution in [1.82, 2.24) is 9.88 Å². The smallest absolute Gasteiger partial charge is 0.258 e. The van der Waals surface area contributed by atoms with Gasteiger partial charge in [0.15, 0.2) is 0 Å². The molecule has 32 heavy (non-hydrogen) atoms. The summed E-state index contributed by atoms with van der Waals surface area (Å²) in [4.78, 5) is 33.3. The summed E-state index contributed by atoms with van der Waals surface area (Å²) in [6.45, 7) is 2.63. The molecule has 3 aromatic rings. The number of nitrogens with one attached hydrogen (secondary N) is 1.